The molecule has 2 aromatic rings. The van der Waals surface area contributed by atoms with Gasteiger partial charge in [-0.05, 0) is 18.9 Å². The molecule has 1 aromatic carbocycles. The summed E-state index contributed by atoms with van der Waals surface area (Å²) in [5, 5.41) is 7.40. The lowest BCUT2D eigenvalue weighted by Gasteiger charge is -2.36. The third-order valence-electron chi connectivity index (χ3n) is 6.52. The minimum atomic E-state index is -5.04. The molecule has 1 saturated carbocycles. The molecule has 1 fully saturated rings. The number of nitrogens with zero attached hydrogens (tertiary/aromatic N) is 3. The zero-order chi connectivity index (χ0) is 28.9. The van der Waals surface area contributed by atoms with Crippen molar-refractivity contribution >= 4 is 41.1 Å². The number of aromatic nitrogens is 1. The van der Waals surface area contributed by atoms with Crippen LogP contribution in [0.1, 0.15) is 48.0 Å². The Bertz CT molecular complexity index is 1260. The van der Waals surface area contributed by atoms with E-state index in [1.807, 2.05) is 0 Å². The van der Waals surface area contributed by atoms with Gasteiger partial charge in [0.25, 0.3) is 5.91 Å². The van der Waals surface area contributed by atoms with Crippen LogP contribution in [0.2, 0.25) is 10.0 Å². The van der Waals surface area contributed by atoms with Crippen LogP contribution >= 0.6 is 23.2 Å². The van der Waals surface area contributed by atoms with E-state index in [1.54, 1.807) is 0 Å². The number of carbonyl (C=O) groups excluding carboxylic acids is 2. The molecule has 0 saturated heterocycles. The molecule has 13 heteroatoms. The first kappa shape index (κ1) is 30.5. The number of Topliss-reactive ketones (excluding diaryl/α,β-unsaturated/α-hetero) is 1. The number of allylic oxidation sites excluding steroid dienone is 1. The van der Waals surface area contributed by atoms with Crippen LogP contribution in [0, 0.1) is 17.0 Å². The Labute approximate surface area is 231 Å². The maximum Gasteiger partial charge on any atom is 0.431 e. The van der Waals surface area contributed by atoms with Crippen molar-refractivity contribution in [2.24, 2.45) is 0 Å². The average molecular weight is 591 g/mol. The molecule has 0 aliphatic heterocycles. The fourth-order valence-electron chi connectivity index (χ4n) is 4.60. The van der Waals surface area contributed by atoms with Gasteiger partial charge in [0, 0.05) is 43.8 Å². The van der Waals surface area contributed by atoms with Crippen molar-refractivity contribution in [2.45, 2.75) is 50.9 Å². The Hall–Kier alpha value is -3.05. The van der Waals surface area contributed by atoms with Crippen molar-refractivity contribution < 1.29 is 31.5 Å². The largest absolute Gasteiger partial charge is 0.431 e. The van der Waals surface area contributed by atoms with Crippen molar-refractivity contribution in [3.8, 4) is 0 Å². The maximum absolute atomic E-state index is 14.5. The number of hydrogen-bond donors (Lipinski definition) is 1. The molecule has 0 unspecified atom stereocenters. The summed E-state index contributed by atoms with van der Waals surface area (Å²) in [4.78, 5) is 32.0. The molecule has 6 nitrogen and oxygen atoms in total. The summed E-state index contributed by atoms with van der Waals surface area (Å²) >= 11 is 12.1. The third-order valence-corrected chi connectivity index (χ3v) is 7.09. The zero-order valence-electron chi connectivity index (χ0n) is 20.8. The van der Waals surface area contributed by atoms with Crippen molar-refractivity contribution in [3.63, 3.8) is 0 Å². The van der Waals surface area contributed by atoms with Gasteiger partial charge in [-0.1, -0.05) is 54.6 Å². The minimum absolute atomic E-state index is 0.173. The van der Waals surface area contributed by atoms with Crippen LogP contribution in [-0.4, -0.2) is 58.5 Å². The summed E-state index contributed by atoms with van der Waals surface area (Å²) in [6, 6.07) is 2.59. The standard InChI is InChI=1S/C26H25Cl2F5N4O2/c1-36(16-7-3-2-4-8-16)24(26(31,32)33)17(10-34)25(39)37(13-15-6-5-9-20(29)23(15)30)14-21(38)22-18(27)11-35-12-19(22)28/h5-6,9-12,16,34H,2-4,7-8,13-14H2,1H3. The monoisotopic (exact) mass is 590 g/mol. The van der Waals surface area contributed by atoms with E-state index in [9.17, 15) is 31.5 Å². The second kappa shape index (κ2) is 12.9. The van der Waals surface area contributed by atoms with Gasteiger partial charge in [0.2, 0.25) is 0 Å². The predicted molar refractivity (Wildman–Crippen MR) is 137 cm³/mol. The number of carbonyl (C=O) groups is 2. The summed E-state index contributed by atoms with van der Waals surface area (Å²) in [7, 11) is 1.20. The van der Waals surface area contributed by atoms with Crippen molar-refractivity contribution in [3.05, 3.63) is 74.7 Å². The fraction of sp³-hybridized carbons (Fsp3) is 0.385. The van der Waals surface area contributed by atoms with Gasteiger partial charge in [0.1, 0.15) is 5.70 Å². The molecule has 3 rings (SSSR count). The van der Waals surface area contributed by atoms with E-state index in [4.69, 9.17) is 28.6 Å². The normalized spacial score (nSPS) is 15.0. The molecule has 0 atom stereocenters. The number of benzene rings is 1. The first-order valence-electron chi connectivity index (χ1n) is 12.0. The van der Waals surface area contributed by atoms with Gasteiger partial charge < -0.3 is 15.2 Å². The van der Waals surface area contributed by atoms with Crippen molar-refractivity contribution in [1.82, 2.24) is 14.8 Å². The number of ketones is 1. The zero-order valence-corrected chi connectivity index (χ0v) is 22.3. The minimum Gasteiger partial charge on any atom is -0.367 e. The molecule has 0 bridgehead atoms. The SMILES string of the molecule is CN(C(=C(C=N)C(=O)N(CC(=O)c1c(Cl)cncc1Cl)Cc1cccc(F)c1F)C(F)(F)F)C1CCCCC1. The second-order valence-corrected chi connectivity index (χ2v) is 9.90. The molecule has 1 aromatic heterocycles. The van der Waals surface area contributed by atoms with E-state index in [-0.39, 0.29) is 27.4 Å². The van der Waals surface area contributed by atoms with Crippen LogP contribution in [0.3, 0.4) is 0 Å². The lowest BCUT2D eigenvalue weighted by atomic mass is 9.93. The average Bonchev–Trinajstić information content (AvgIpc) is 2.88. The topological polar surface area (TPSA) is 77.4 Å². The summed E-state index contributed by atoms with van der Waals surface area (Å²) in [6.45, 7) is -1.67. The molecule has 39 heavy (non-hydrogen) atoms. The molecule has 1 amide bonds. The van der Waals surface area contributed by atoms with Crippen LogP contribution in [0.25, 0.3) is 0 Å². The number of amides is 1. The smallest absolute Gasteiger partial charge is 0.367 e. The Balaban J connectivity index is 2.11. The maximum atomic E-state index is 14.5. The summed E-state index contributed by atoms with van der Waals surface area (Å²) < 4.78 is 71.5. The first-order valence-corrected chi connectivity index (χ1v) is 12.7. The van der Waals surface area contributed by atoms with Gasteiger partial charge in [0.05, 0.1) is 27.7 Å². The van der Waals surface area contributed by atoms with Crippen LogP contribution in [-0.2, 0) is 11.3 Å². The Morgan fingerprint density at radius 1 is 1.10 bits per heavy atom. The van der Waals surface area contributed by atoms with Gasteiger partial charge in [-0.15, -0.1) is 0 Å². The number of nitrogens with one attached hydrogen (secondary N) is 1. The summed E-state index contributed by atoms with van der Waals surface area (Å²) in [5.74, 6) is -4.84. The van der Waals surface area contributed by atoms with E-state index >= 15 is 0 Å². The van der Waals surface area contributed by atoms with Gasteiger partial charge in [0.15, 0.2) is 17.4 Å². The molecule has 1 aliphatic rings. The van der Waals surface area contributed by atoms with Gasteiger partial charge >= 0.3 is 6.18 Å². The van der Waals surface area contributed by atoms with Gasteiger partial charge in [-0.3, -0.25) is 14.6 Å². The van der Waals surface area contributed by atoms with Gasteiger partial charge in [-0.25, -0.2) is 8.78 Å². The highest BCUT2D eigenvalue weighted by Gasteiger charge is 2.43. The number of rotatable bonds is 9. The fourth-order valence-corrected chi connectivity index (χ4v) is 5.18. The summed E-state index contributed by atoms with van der Waals surface area (Å²) in [5.41, 5.74) is -3.04. The van der Waals surface area contributed by atoms with Crippen molar-refractivity contribution in [1.29, 1.82) is 5.41 Å². The van der Waals surface area contributed by atoms with E-state index in [2.05, 4.69) is 4.98 Å². The predicted octanol–water partition coefficient (Wildman–Crippen LogP) is 6.61. The number of hydrogen-bond acceptors (Lipinski definition) is 5. The highest BCUT2D eigenvalue weighted by molar-refractivity contribution is 6.39. The molecule has 1 aliphatic carbocycles. The Morgan fingerprint density at radius 3 is 2.28 bits per heavy atom. The van der Waals surface area contributed by atoms with Crippen LogP contribution in [0.5, 0.6) is 0 Å². The number of alkyl halides is 3. The third kappa shape index (κ3) is 7.13. The Morgan fingerprint density at radius 2 is 1.72 bits per heavy atom. The summed E-state index contributed by atoms with van der Waals surface area (Å²) in [6.07, 6.45) is 0.674. The van der Waals surface area contributed by atoms with Crippen molar-refractivity contribution in [2.75, 3.05) is 13.6 Å². The van der Waals surface area contributed by atoms with Crippen LogP contribution < -0.4 is 0 Å². The van der Waals surface area contributed by atoms with Crippen LogP contribution in [0.4, 0.5) is 22.0 Å². The highest BCUT2D eigenvalue weighted by Crippen LogP contribution is 2.35. The lowest BCUT2D eigenvalue weighted by molar-refractivity contribution is -0.130. The van der Waals surface area contributed by atoms with Crippen LogP contribution in [0.15, 0.2) is 41.9 Å². The molecule has 0 radical (unpaired) electrons. The molecule has 0 spiro atoms. The number of halogens is 7. The van der Waals surface area contributed by atoms with E-state index in [0.717, 1.165) is 41.9 Å². The van der Waals surface area contributed by atoms with Gasteiger partial charge in [-0.2, -0.15) is 13.2 Å². The van der Waals surface area contributed by atoms with E-state index in [0.29, 0.717) is 30.6 Å². The first-order chi connectivity index (χ1) is 18.4. The molecule has 1 heterocycles. The quantitative estimate of drug-likeness (QED) is 0.154. The second-order valence-electron chi connectivity index (χ2n) is 9.08. The molecule has 210 valence electrons. The van der Waals surface area contributed by atoms with E-state index in [1.165, 1.54) is 7.05 Å². The van der Waals surface area contributed by atoms with E-state index < -0.39 is 59.9 Å². The number of pyridine rings is 1. The molecule has 1 N–H and O–H groups in total. The molecular weight excluding hydrogens is 566 g/mol. The lowest BCUT2D eigenvalue weighted by Crippen LogP contribution is -2.43. The Kier molecular flexibility index (Phi) is 10.1. The molecular formula is C26H25Cl2F5N4O2. The highest BCUT2D eigenvalue weighted by atomic mass is 35.5.